The van der Waals surface area contributed by atoms with Crippen LogP contribution in [0.3, 0.4) is 0 Å². The molecule has 1 aromatic heterocycles. The maximum atomic E-state index is 4.69. The van der Waals surface area contributed by atoms with E-state index in [0.717, 1.165) is 18.0 Å². The first kappa shape index (κ1) is 14.0. The standard InChI is InChI=1S/C16H23N3S/c1-12(13-6-5-9-19(2)11-13)17-10-16-18-14-7-3-4-8-15(14)20-16/h3-4,7-8,12-13,17H,5-6,9-11H2,1-2H3. The van der Waals surface area contributed by atoms with E-state index in [1.807, 2.05) is 0 Å². The first-order chi connectivity index (χ1) is 9.72. The third kappa shape index (κ3) is 3.19. The molecule has 0 aliphatic carbocycles. The van der Waals surface area contributed by atoms with Crippen LogP contribution in [0.25, 0.3) is 10.2 Å². The minimum Gasteiger partial charge on any atom is -0.308 e. The number of para-hydroxylation sites is 1. The fraction of sp³-hybridized carbons (Fsp3) is 0.562. The molecule has 1 fully saturated rings. The van der Waals surface area contributed by atoms with E-state index < -0.39 is 0 Å². The van der Waals surface area contributed by atoms with Gasteiger partial charge in [-0.2, -0.15) is 0 Å². The number of thiazole rings is 1. The first-order valence-corrected chi connectivity index (χ1v) is 8.30. The number of likely N-dealkylation sites (tertiary alicyclic amines) is 1. The second-order valence-corrected chi connectivity index (χ2v) is 7.02. The lowest BCUT2D eigenvalue weighted by atomic mass is 9.92. The highest BCUT2D eigenvalue weighted by Gasteiger charge is 2.22. The van der Waals surface area contributed by atoms with E-state index >= 15 is 0 Å². The van der Waals surface area contributed by atoms with Gasteiger partial charge in [-0.15, -0.1) is 11.3 Å². The molecule has 3 rings (SSSR count). The van der Waals surface area contributed by atoms with Crippen molar-refractivity contribution in [1.82, 2.24) is 15.2 Å². The Balaban J connectivity index is 1.58. The predicted octanol–water partition coefficient (Wildman–Crippen LogP) is 3.12. The fourth-order valence-corrected chi connectivity index (χ4v) is 3.94. The van der Waals surface area contributed by atoms with Crippen molar-refractivity contribution in [3.8, 4) is 0 Å². The Hall–Kier alpha value is -0.970. The lowest BCUT2D eigenvalue weighted by Crippen LogP contribution is -2.42. The van der Waals surface area contributed by atoms with Gasteiger partial charge in [-0.1, -0.05) is 12.1 Å². The first-order valence-electron chi connectivity index (χ1n) is 7.49. The molecule has 0 saturated carbocycles. The van der Waals surface area contributed by atoms with Crippen LogP contribution >= 0.6 is 11.3 Å². The van der Waals surface area contributed by atoms with Gasteiger partial charge in [-0.3, -0.25) is 0 Å². The summed E-state index contributed by atoms with van der Waals surface area (Å²) in [5.74, 6) is 0.767. The minimum atomic E-state index is 0.560. The number of piperidine rings is 1. The topological polar surface area (TPSA) is 28.2 Å². The average molecular weight is 289 g/mol. The van der Waals surface area contributed by atoms with E-state index in [0.29, 0.717) is 6.04 Å². The molecule has 3 nitrogen and oxygen atoms in total. The number of hydrogen-bond acceptors (Lipinski definition) is 4. The molecule has 0 radical (unpaired) electrons. The summed E-state index contributed by atoms with van der Waals surface area (Å²) in [4.78, 5) is 7.14. The molecule has 108 valence electrons. The molecule has 20 heavy (non-hydrogen) atoms. The van der Waals surface area contributed by atoms with Gasteiger partial charge in [0.05, 0.1) is 10.2 Å². The van der Waals surface area contributed by atoms with Crippen LogP contribution in [0.15, 0.2) is 24.3 Å². The van der Waals surface area contributed by atoms with Gasteiger partial charge in [0, 0.05) is 19.1 Å². The molecule has 2 unspecified atom stereocenters. The SMILES string of the molecule is CC(NCc1nc2ccccc2s1)C1CCCN(C)C1. The van der Waals surface area contributed by atoms with E-state index in [-0.39, 0.29) is 0 Å². The Bertz CT molecular complexity index is 533. The molecule has 1 aliphatic heterocycles. The number of benzene rings is 1. The van der Waals surface area contributed by atoms with Gasteiger partial charge in [0.15, 0.2) is 0 Å². The van der Waals surface area contributed by atoms with Gasteiger partial charge < -0.3 is 10.2 Å². The van der Waals surface area contributed by atoms with Gasteiger partial charge in [0.2, 0.25) is 0 Å². The Labute approximate surface area is 125 Å². The summed E-state index contributed by atoms with van der Waals surface area (Å²) in [6, 6.07) is 8.94. The largest absolute Gasteiger partial charge is 0.308 e. The number of nitrogens with zero attached hydrogens (tertiary/aromatic N) is 2. The number of fused-ring (bicyclic) bond motifs is 1. The van der Waals surface area contributed by atoms with Crippen molar-refractivity contribution >= 4 is 21.6 Å². The summed E-state index contributed by atoms with van der Waals surface area (Å²) in [5, 5.41) is 4.87. The van der Waals surface area contributed by atoms with Crippen molar-refractivity contribution in [2.75, 3.05) is 20.1 Å². The van der Waals surface area contributed by atoms with E-state index in [1.165, 1.54) is 35.6 Å². The maximum absolute atomic E-state index is 4.69. The van der Waals surface area contributed by atoms with Crippen molar-refractivity contribution < 1.29 is 0 Å². The van der Waals surface area contributed by atoms with Crippen molar-refractivity contribution in [3.05, 3.63) is 29.3 Å². The Morgan fingerprint density at radius 2 is 2.30 bits per heavy atom. The molecular formula is C16H23N3S. The van der Waals surface area contributed by atoms with Crippen molar-refractivity contribution in [2.24, 2.45) is 5.92 Å². The monoisotopic (exact) mass is 289 g/mol. The molecule has 1 aliphatic rings. The zero-order valence-corrected chi connectivity index (χ0v) is 13.1. The highest BCUT2D eigenvalue weighted by Crippen LogP contribution is 2.22. The van der Waals surface area contributed by atoms with Gasteiger partial charge in [-0.05, 0) is 51.4 Å². The maximum Gasteiger partial charge on any atom is 0.108 e. The van der Waals surface area contributed by atoms with E-state index in [2.05, 4.69) is 48.5 Å². The Kier molecular flexibility index (Phi) is 4.34. The van der Waals surface area contributed by atoms with E-state index in [1.54, 1.807) is 11.3 Å². The van der Waals surface area contributed by atoms with Crippen molar-refractivity contribution in [1.29, 1.82) is 0 Å². The minimum absolute atomic E-state index is 0.560. The summed E-state index contributed by atoms with van der Waals surface area (Å²) in [6.07, 6.45) is 2.67. The smallest absolute Gasteiger partial charge is 0.108 e. The second kappa shape index (κ2) is 6.20. The molecule has 2 atom stereocenters. The fourth-order valence-electron chi connectivity index (χ4n) is 3.02. The molecule has 1 N–H and O–H groups in total. The van der Waals surface area contributed by atoms with Crippen molar-refractivity contribution in [3.63, 3.8) is 0 Å². The number of hydrogen-bond donors (Lipinski definition) is 1. The zero-order chi connectivity index (χ0) is 13.9. The molecule has 1 aromatic carbocycles. The van der Waals surface area contributed by atoms with Gasteiger partial charge >= 0.3 is 0 Å². The summed E-state index contributed by atoms with van der Waals surface area (Å²) >= 11 is 1.80. The van der Waals surface area contributed by atoms with Gasteiger partial charge in [0.25, 0.3) is 0 Å². The molecule has 4 heteroatoms. The lowest BCUT2D eigenvalue weighted by Gasteiger charge is -2.33. The van der Waals surface area contributed by atoms with E-state index in [4.69, 9.17) is 4.98 Å². The van der Waals surface area contributed by atoms with Crippen LogP contribution in [0.1, 0.15) is 24.8 Å². The molecule has 0 spiro atoms. The van der Waals surface area contributed by atoms with Crippen LogP contribution in [-0.2, 0) is 6.54 Å². The summed E-state index contributed by atoms with van der Waals surface area (Å²) in [7, 11) is 2.23. The van der Waals surface area contributed by atoms with Crippen LogP contribution < -0.4 is 5.32 Å². The number of rotatable bonds is 4. The Morgan fingerprint density at radius 3 is 3.10 bits per heavy atom. The van der Waals surface area contributed by atoms with Crippen LogP contribution in [0.5, 0.6) is 0 Å². The predicted molar refractivity (Wildman–Crippen MR) is 86.1 cm³/mol. The number of nitrogens with one attached hydrogen (secondary N) is 1. The van der Waals surface area contributed by atoms with Crippen LogP contribution in [-0.4, -0.2) is 36.1 Å². The number of aromatic nitrogens is 1. The van der Waals surface area contributed by atoms with Crippen LogP contribution in [0.4, 0.5) is 0 Å². The molecule has 0 amide bonds. The molecule has 2 heterocycles. The van der Waals surface area contributed by atoms with Crippen LogP contribution in [0.2, 0.25) is 0 Å². The van der Waals surface area contributed by atoms with Gasteiger partial charge in [-0.25, -0.2) is 4.98 Å². The quantitative estimate of drug-likeness (QED) is 0.937. The highest BCUT2D eigenvalue weighted by atomic mass is 32.1. The molecule has 0 bridgehead atoms. The molecule has 1 saturated heterocycles. The lowest BCUT2D eigenvalue weighted by molar-refractivity contribution is 0.178. The summed E-state index contributed by atoms with van der Waals surface area (Å²) in [6.45, 7) is 5.67. The highest BCUT2D eigenvalue weighted by molar-refractivity contribution is 7.18. The van der Waals surface area contributed by atoms with Gasteiger partial charge in [0.1, 0.15) is 5.01 Å². The third-order valence-corrected chi connectivity index (χ3v) is 5.32. The van der Waals surface area contributed by atoms with Crippen LogP contribution in [0, 0.1) is 5.92 Å². The van der Waals surface area contributed by atoms with E-state index in [9.17, 15) is 0 Å². The third-order valence-electron chi connectivity index (χ3n) is 4.28. The summed E-state index contributed by atoms with van der Waals surface area (Å²) < 4.78 is 1.29. The second-order valence-electron chi connectivity index (χ2n) is 5.91. The normalized spacial score (nSPS) is 22.2. The summed E-state index contributed by atoms with van der Waals surface area (Å²) in [5.41, 5.74) is 1.12. The zero-order valence-electron chi connectivity index (χ0n) is 12.3. The molecular weight excluding hydrogens is 266 g/mol. The Morgan fingerprint density at radius 1 is 1.45 bits per heavy atom. The molecule has 2 aromatic rings. The average Bonchev–Trinajstić information content (AvgIpc) is 2.87. The van der Waals surface area contributed by atoms with Crippen molar-refractivity contribution in [2.45, 2.75) is 32.4 Å².